The van der Waals surface area contributed by atoms with Gasteiger partial charge in [-0.25, -0.2) is 0 Å². The standard InChI is InChI=1S/C9H19N3O2/c1-13-5-3-12(4-6-14-2)8-9(11)7-10/h9H,3-6,8,11H2,1-2H3. The van der Waals surface area contributed by atoms with Crippen LogP contribution in [0.5, 0.6) is 0 Å². The molecule has 0 aliphatic rings. The molecule has 5 nitrogen and oxygen atoms in total. The molecular formula is C9H19N3O2. The van der Waals surface area contributed by atoms with E-state index in [4.69, 9.17) is 20.5 Å². The molecule has 0 saturated heterocycles. The van der Waals surface area contributed by atoms with Crippen molar-refractivity contribution >= 4 is 0 Å². The summed E-state index contributed by atoms with van der Waals surface area (Å²) >= 11 is 0. The fourth-order valence-electron chi connectivity index (χ4n) is 1.05. The van der Waals surface area contributed by atoms with E-state index in [-0.39, 0.29) is 0 Å². The first-order valence-electron chi connectivity index (χ1n) is 4.60. The van der Waals surface area contributed by atoms with Gasteiger partial charge < -0.3 is 15.2 Å². The Morgan fingerprint density at radius 3 is 2.14 bits per heavy atom. The molecule has 0 saturated carbocycles. The lowest BCUT2D eigenvalue weighted by Crippen LogP contribution is -2.40. The van der Waals surface area contributed by atoms with Gasteiger partial charge in [0.2, 0.25) is 0 Å². The van der Waals surface area contributed by atoms with E-state index in [1.54, 1.807) is 14.2 Å². The Morgan fingerprint density at radius 2 is 1.79 bits per heavy atom. The molecule has 2 N–H and O–H groups in total. The van der Waals surface area contributed by atoms with Gasteiger partial charge in [-0.05, 0) is 0 Å². The van der Waals surface area contributed by atoms with Crippen molar-refractivity contribution in [2.24, 2.45) is 5.73 Å². The molecular weight excluding hydrogens is 182 g/mol. The van der Waals surface area contributed by atoms with E-state index in [1.807, 2.05) is 6.07 Å². The van der Waals surface area contributed by atoms with Crippen molar-refractivity contribution in [3.8, 4) is 6.07 Å². The van der Waals surface area contributed by atoms with E-state index in [9.17, 15) is 0 Å². The lowest BCUT2D eigenvalue weighted by molar-refractivity contribution is 0.113. The number of nitrogens with two attached hydrogens (primary N) is 1. The number of hydrogen-bond acceptors (Lipinski definition) is 5. The maximum atomic E-state index is 8.57. The summed E-state index contributed by atoms with van der Waals surface area (Å²) in [5, 5.41) is 8.57. The van der Waals surface area contributed by atoms with E-state index >= 15 is 0 Å². The summed E-state index contributed by atoms with van der Waals surface area (Å²) in [6.07, 6.45) is 0. The van der Waals surface area contributed by atoms with Gasteiger partial charge in [0.05, 0.1) is 19.3 Å². The molecule has 0 bridgehead atoms. The van der Waals surface area contributed by atoms with Crippen LogP contribution < -0.4 is 5.73 Å². The Bertz CT molecular complexity index is 162. The summed E-state index contributed by atoms with van der Waals surface area (Å²) < 4.78 is 9.92. The first-order valence-corrected chi connectivity index (χ1v) is 4.60. The normalized spacial score (nSPS) is 12.8. The molecule has 0 fully saturated rings. The Kier molecular flexibility index (Phi) is 8.48. The second-order valence-electron chi connectivity index (χ2n) is 3.02. The highest BCUT2D eigenvalue weighted by atomic mass is 16.5. The third-order valence-corrected chi connectivity index (χ3v) is 1.84. The molecule has 0 aromatic carbocycles. The van der Waals surface area contributed by atoms with Crippen LogP contribution in [-0.2, 0) is 9.47 Å². The van der Waals surface area contributed by atoms with E-state index < -0.39 is 6.04 Å². The predicted molar refractivity (Wildman–Crippen MR) is 53.8 cm³/mol. The van der Waals surface area contributed by atoms with Crippen LogP contribution in [0, 0.1) is 11.3 Å². The molecule has 0 rings (SSSR count). The minimum Gasteiger partial charge on any atom is -0.383 e. The van der Waals surface area contributed by atoms with Crippen molar-refractivity contribution in [2.75, 3.05) is 47.1 Å². The van der Waals surface area contributed by atoms with Gasteiger partial charge in [-0.3, -0.25) is 4.90 Å². The number of methoxy groups -OCH3 is 2. The van der Waals surface area contributed by atoms with Gasteiger partial charge in [0.15, 0.2) is 0 Å². The van der Waals surface area contributed by atoms with Gasteiger partial charge in [-0.15, -0.1) is 0 Å². The summed E-state index contributed by atoms with van der Waals surface area (Å²) in [5.41, 5.74) is 5.53. The van der Waals surface area contributed by atoms with E-state index in [1.165, 1.54) is 0 Å². The highest BCUT2D eigenvalue weighted by molar-refractivity contribution is 4.88. The van der Waals surface area contributed by atoms with Gasteiger partial charge in [0.25, 0.3) is 0 Å². The molecule has 1 atom stereocenters. The summed E-state index contributed by atoms with van der Waals surface area (Å²) in [7, 11) is 3.30. The number of ether oxygens (including phenoxy) is 2. The largest absolute Gasteiger partial charge is 0.383 e. The summed E-state index contributed by atoms with van der Waals surface area (Å²) in [4.78, 5) is 2.06. The predicted octanol–water partition coefficient (Wildman–Crippen LogP) is -0.568. The number of nitriles is 1. The molecule has 14 heavy (non-hydrogen) atoms. The zero-order valence-electron chi connectivity index (χ0n) is 8.90. The number of nitrogens with zero attached hydrogens (tertiary/aromatic N) is 2. The molecule has 0 heterocycles. The maximum Gasteiger partial charge on any atom is 0.106 e. The average Bonchev–Trinajstić information content (AvgIpc) is 2.21. The van der Waals surface area contributed by atoms with Crippen LogP contribution in [0.15, 0.2) is 0 Å². The number of rotatable bonds is 8. The van der Waals surface area contributed by atoms with Crippen LogP contribution in [0.1, 0.15) is 0 Å². The minimum absolute atomic E-state index is 0.441. The smallest absolute Gasteiger partial charge is 0.106 e. The molecule has 82 valence electrons. The van der Waals surface area contributed by atoms with Crippen molar-refractivity contribution in [3.63, 3.8) is 0 Å². The van der Waals surface area contributed by atoms with Crippen molar-refractivity contribution < 1.29 is 9.47 Å². The molecule has 0 aromatic heterocycles. The maximum absolute atomic E-state index is 8.57. The zero-order chi connectivity index (χ0) is 10.8. The van der Waals surface area contributed by atoms with Crippen LogP contribution in [0.3, 0.4) is 0 Å². The Balaban J connectivity index is 3.78. The van der Waals surface area contributed by atoms with Crippen molar-refractivity contribution in [2.45, 2.75) is 6.04 Å². The number of hydrogen-bond donors (Lipinski definition) is 1. The highest BCUT2D eigenvalue weighted by Gasteiger charge is 2.08. The van der Waals surface area contributed by atoms with Gasteiger partial charge >= 0.3 is 0 Å². The van der Waals surface area contributed by atoms with Crippen LogP contribution in [0.25, 0.3) is 0 Å². The average molecular weight is 201 g/mol. The quantitative estimate of drug-likeness (QED) is 0.569. The highest BCUT2D eigenvalue weighted by Crippen LogP contribution is 1.91. The van der Waals surface area contributed by atoms with Crippen molar-refractivity contribution in [1.29, 1.82) is 5.26 Å². The zero-order valence-corrected chi connectivity index (χ0v) is 8.90. The Labute approximate surface area is 85.4 Å². The fourth-order valence-corrected chi connectivity index (χ4v) is 1.05. The molecule has 0 aliphatic heterocycles. The van der Waals surface area contributed by atoms with E-state index in [0.717, 1.165) is 13.1 Å². The van der Waals surface area contributed by atoms with Gasteiger partial charge in [-0.1, -0.05) is 0 Å². The first-order chi connectivity index (χ1) is 6.74. The monoisotopic (exact) mass is 201 g/mol. The lowest BCUT2D eigenvalue weighted by atomic mass is 10.3. The van der Waals surface area contributed by atoms with Crippen molar-refractivity contribution in [1.82, 2.24) is 4.90 Å². The second-order valence-corrected chi connectivity index (χ2v) is 3.02. The molecule has 0 aliphatic carbocycles. The summed E-state index contributed by atoms with van der Waals surface area (Å²) in [5.74, 6) is 0. The Hall–Kier alpha value is -0.670. The Morgan fingerprint density at radius 1 is 1.29 bits per heavy atom. The van der Waals surface area contributed by atoms with Crippen LogP contribution in [-0.4, -0.2) is 58.0 Å². The second kappa shape index (κ2) is 8.91. The van der Waals surface area contributed by atoms with E-state index in [2.05, 4.69) is 4.90 Å². The molecule has 0 spiro atoms. The topological polar surface area (TPSA) is 71.5 Å². The van der Waals surface area contributed by atoms with Gasteiger partial charge in [-0.2, -0.15) is 5.26 Å². The third kappa shape index (κ3) is 6.80. The lowest BCUT2D eigenvalue weighted by Gasteiger charge is -2.22. The molecule has 0 radical (unpaired) electrons. The summed E-state index contributed by atoms with van der Waals surface area (Å²) in [6, 6.07) is 1.56. The van der Waals surface area contributed by atoms with Gasteiger partial charge in [0, 0.05) is 33.9 Å². The SMILES string of the molecule is COCCN(CCOC)CC(N)C#N. The molecule has 1 unspecified atom stereocenters. The van der Waals surface area contributed by atoms with Crippen LogP contribution >= 0.6 is 0 Å². The van der Waals surface area contributed by atoms with E-state index in [0.29, 0.717) is 19.8 Å². The third-order valence-electron chi connectivity index (χ3n) is 1.84. The summed E-state index contributed by atoms with van der Waals surface area (Å²) in [6.45, 7) is 3.39. The van der Waals surface area contributed by atoms with Gasteiger partial charge in [0.1, 0.15) is 6.04 Å². The van der Waals surface area contributed by atoms with Crippen LogP contribution in [0.2, 0.25) is 0 Å². The van der Waals surface area contributed by atoms with Crippen LogP contribution in [0.4, 0.5) is 0 Å². The molecule has 0 amide bonds. The molecule has 0 aromatic rings. The first kappa shape index (κ1) is 13.3. The minimum atomic E-state index is -0.441. The van der Waals surface area contributed by atoms with Crippen molar-refractivity contribution in [3.05, 3.63) is 0 Å². The molecule has 5 heteroatoms. The fraction of sp³-hybridized carbons (Fsp3) is 0.889.